The number of benzene rings is 2. The van der Waals surface area contributed by atoms with Crippen LogP contribution in [0.4, 0.5) is 0 Å². The third-order valence-corrected chi connectivity index (χ3v) is 7.79. The molecule has 0 bridgehead atoms. The fourth-order valence-corrected chi connectivity index (χ4v) is 6.02. The Bertz CT molecular complexity index is 1250. The summed E-state index contributed by atoms with van der Waals surface area (Å²) in [5, 5.41) is 22.1. The van der Waals surface area contributed by atoms with Gasteiger partial charge < -0.3 is 29.2 Å². The van der Waals surface area contributed by atoms with Crippen LogP contribution in [0.15, 0.2) is 72.2 Å². The first-order chi connectivity index (χ1) is 17.8. The molecule has 2 heterocycles. The number of allylic oxidation sites excluding steroid dienone is 1. The number of carbonyl (C=O) groups excluding carboxylic acids is 1. The van der Waals surface area contributed by atoms with Gasteiger partial charge in [0.05, 0.1) is 18.4 Å². The van der Waals surface area contributed by atoms with Gasteiger partial charge in [-0.15, -0.1) is 0 Å². The van der Waals surface area contributed by atoms with E-state index < -0.39 is 29.1 Å². The van der Waals surface area contributed by atoms with Crippen molar-refractivity contribution in [1.82, 2.24) is 0 Å². The third kappa shape index (κ3) is 4.15. The summed E-state index contributed by atoms with van der Waals surface area (Å²) in [6, 6.07) is 14.4. The van der Waals surface area contributed by atoms with E-state index in [2.05, 4.69) is 0 Å². The van der Waals surface area contributed by atoms with Crippen LogP contribution in [0, 0.1) is 18.8 Å². The number of rotatable bonds is 7. The molecule has 1 aliphatic carbocycles. The van der Waals surface area contributed by atoms with Crippen LogP contribution in [-0.2, 0) is 35.0 Å². The van der Waals surface area contributed by atoms with Crippen LogP contribution >= 0.6 is 0 Å². The molecular weight excluding hydrogens is 476 g/mol. The van der Waals surface area contributed by atoms with E-state index in [0.717, 1.165) is 11.1 Å². The van der Waals surface area contributed by atoms with Gasteiger partial charge in [-0.3, -0.25) is 4.79 Å². The van der Waals surface area contributed by atoms with E-state index in [4.69, 9.17) is 18.9 Å². The second kappa shape index (κ2) is 9.59. The van der Waals surface area contributed by atoms with Gasteiger partial charge in [-0.1, -0.05) is 36.2 Å². The van der Waals surface area contributed by atoms with Crippen molar-refractivity contribution in [3.8, 4) is 5.75 Å². The number of carboxylic acids is 1. The summed E-state index contributed by atoms with van der Waals surface area (Å²) < 4.78 is 22.4. The highest BCUT2D eigenvalue weighted by molar-refractivity contribution is 5.88. The molecule has 4 atom stereocenters. The van der Waals surface area contributed by atoms with Crippen LogP contribution in [0.2, 0.25) is 0 Å². The molecule has 2 aromatic rings. The van der Waals surface area contributed by atoms with Gasteiger partial charge in [0.25, 0.3) is 5.79 Å². The topological polar surface area (TPSA) is 112 Å². The Hall–Kier alpha value is -3.78. The number of methoxy groups -OCH3 is 1. The number of aliphatic hydroxyl groups is 1. The van der Waals surface area contributed by atoms with Crippen molar-refractivity contribution in [3.05, 3.63) is 88.9 Å². The predicted molar refractivity (Wildman–Crippen MR) is 132 cm³/mol. The first kappa shape index (κ1) is 24.9. The van der Waals surface area contributed by atoms with Gasteiger partial charge in [-0.25, -0.2) is 4.79 Å². The average molecular weight is 507 g/mol. The number of hydrogen-bond acceptors (Lipinski definition) is 7. The number of aliphatic carboxylic acids is 1. The van der Waals surface area contributed by atoms with Crippen LogP contribution in [0.1, 0.15) is 42.4 Å². The Morgan fingerprint density at radius 2 is 1.84 bits per heavy atom. The number of esters is 1. The molecule has 5 rings (SSSR count). The lowest BCUT2D eigenvalue weighted by Crippen LogP contribution is -2.48. The normalized spacial score (nSPS) is 26.7. The molecule has 8 heteroatoms. The minimum absolute atomic E-state index is 0.0267. The SMILES string of the molecule is COc1ccc(C2(O)OC(=O)C=C2C(C2=COCO2)(c2ccc(C)cc2)C2CCCC(C(=O)O)C2)cc1. The molecule has 0 radical (unpaired) electrons. The largest absolute Gasteiger partial charge is 0.497 e. The first-order valence-corrected chi connectivity index (χ1v) is 12.4. The van der Waals surface area contributed by atoms with Gasteiger partial charge in [-0.2, -0.15) is 0 Å². The van der Waals surface area contributed by atoms with Crippen molar-refractivity contribution < 1.29 is 38.7 Å². The maximum atomic E-state index is 12.9. The maximum Gasteiger partial charge on any atom is 0.334 e. The standard InChI is InChI=1S/C29H30O8/c1-18-6-8-20(9-7-18)28(25-16-35-17-36-25,22-5-3-4-19(14-22)27(31)32)24-15-26(30)37-29(24,33)21-10-12-23(34-2)13-11-21/h6-13,15-16,19,22,33H,3-5,14,17H2,1-2H3,(H,31,32). The summed E-state index contributed by atoms with van der Waals surface area (Å²) in [5.74, 6) is -3.60. The quantitative estimate of drug-likeness (QED) is 0.535. The second-order valence-electron chi connectivity index (χ2n) is 9.84. The minimum Gasteiger partial charge on any atom is -0.497 e. The summed E-state index contributed by atoms with van der Waals surface area (Å²) in [7, 11) is 1.54. The lowest BCUT2D eigenvalue weighted by molar-refractivity contribution is -0.188. The Morgan fingerprint density at radius 1 is 1.11 bits per heavy atom. The molecule has 1 saturated carbocycles. The van der Waals surface area contributed by atoms with Crippen molar-refractivity contribution in [2.45, 2.75) is 43.8 Å². The molecule has 2 N–H and O–H groups in total. The molecule has 37 heavy (non-hydrogen) atoms. The summed E-state index contributed by atoms with van der Waals surface area (Å²) in [4.78, 5) is 25.0. The smallest absolute Gasteiger partial charge is 0.334 e. The number of cyclic esters (lactones) is 1. The van der Waals surface area contributed by atoms with Crippen LogP contribution in [-0.4, -0.2) is 36.1 Å². The number of ether oxygens (including phenoxy) is 4. The zero-order valence-corrected chi connectivity index (χ0v) is 20.8. The number of hydrogen-bond donors (Lipinski definition) is 2. The van der Waals surface area contributed by atoms with Crippen LogP contribution in [0.3, 0.4) is 0 Å². The molecule has 8 nitrogen and oxygen atoms in total. The summed E-state index contributed by atoms with van der Waals surface area (Å²) in [6.07, 6.45) is 5.03. The maximum absolute atomic E-state index is 12.9. The Kier molecular flexibility index (Phi) is 6.45. The Labute approximate surface area is 215 Å². The van der Waals surface area contributed by atoms with Crippen LogP contribution in [0.5, 0.6) is 5.75 Å². The highest BCUT2D eigenvalue weighted by Crippen LogP contribution is 2.58. The van der Waals surface area contributed by atoms with E-state index >= 15 is 0 Å². The van der Waals surface area contributed by atoms with Gasteiger partial charge in [0, 0.05) is 17.2 Å². The average Bonchev–Trinajstić information content (AvgIpc) is 3.55. The van der Waals surface area contributed by atoms with Gasteiger partial charge >= 0.3 is 11.9 Å². The predicted octanol–water partition coefficient (Wildman–Crippen LogP) is 4.31. The zero-order chi connectivity index (χ0) is 26.2. The van der Waals surface area contributed by atoms with Crippen LogP contribution < -0.4 is 4.74 Å². The number of carboxylic acid groups (broad SMARTS) is 1. The fraction of sp³-hybridized carbons (Fsp3) is 0.379. The first-order valence-electron chi connectivity index (χ1n) is 12.4. The van der Waals surface area contributed by atoms with E-state index in [1.165, 1.54) is 12.3 Å². The van der Waals surface area contributed by atoms with E-state index in [1.807, 2.05) is 31.2 Å². The molecular formula is C29H30O8. The van der Waals surface area contributed by atoms with E-state index in [0.29, 0.717) is 42.8 Å². The van der Waals surface area contributed by atoms with Gasteiger partial charge in [0.15, 0.2) is 5.76 Å². The molecule has 3 aliphatic rings. The monoisotopic (exact) mass is 506 g/mol. The van der Waals surface area contributed by atoms with Gasteiger partial charge in [-0.05, 0) is 61.9 Å². The molecule has 4 unspecified atom stereocenters. The highest BCUT2D eigenvalue weighted by Gasteiger charge is 2.60. The Morgan fingerprint density at radius 3 is 2.46 bits per heavy atom. The van der Waals surface area contributed by atoms with Crippen molar-refractivity contribution in [1.29, 1.82) is 0 Å². The summed E-state index contributed by atoms with van der Waals surface area (Å²) >= 11 is 0. The molecule has 1 fully saturated rings. The van der Waals surface area contributed by atoms with Crippen molar-refractivity contribution in [3.63, 3.8) is 0 Å². The lowest BCUT2D eigenvalue weighted by Gasteiger charge is -2.47. The molecule has 0 amide bonds. The Balaban J connectivity index is 1.77. The molecule has 194 valence electrons. The molecule has 0 aromatic heterocycles. The molecule has 0 spiro atoms. The molecule has 0 saturated heterocycles. The van der Waals surface area contributed by atoms with Crippen molar-refractivity contribution in [2.75, 3.05) is 13.9 Å². The summed E-state index contributed by atoms with van der Waals surface area (Å²) in [6.45, 7) is 1.94. The van der Waals surface area contributed by atoms with Gasteiger partial charge in [0.1, 0.15) is 12.0 Å². The number of aryl methyl sites for hydroxylation is 1. The highest BCUT2D eigenvalue weighted by atomic mass is 16.7. The molecule has 2 aliphatic heterocycles. The second-order valence-corrected chi connectivity index (χ2v) is 9.84. The minimum atomic E-state index is -2.13. The number of carbonyl (C=O) groups is 2. The fourth-order valence-electron chi connectivity index (χ4n) is 6.02. The van der Waals surface area contributed by atoms with E-state index in [-0.39, 0.29) is 18.3 Å². The lowest BCUT2D eigenvalue weighted by atomic mass is 9.57. The van der Waals surface area contributed by atoms with Crippen molar-refractivity contribution >= 4 is 11.9 Å². The zero-order valence-electron chi connectivity index (χ0n) is 20.8. The molecule has 2 aromatic carbocycles. The third-order valence-electron chi connectivity index (χ3n) is 7.79. The summed E-state index contributed by atoms with van der Waals surface area (Å²) in [5.41, 5.74) is 1.17. The van der Waals surface area contributed by atoms with E-state index in [9.17, 15) is 19.8 Å². The van der Waals surface area contributed by atoms with E-state index in [1.54, 1.807) is 31.4 Å². The van der Waals surface area contributed by atoms with Crippen molar-refractivity contribution in [2.24, 2.45) is 11.8 Å². The van der Waals surface area contributed by atoms with Gasteiger partial charge in [0.2, 0.25) is 6.79 Å². The van der Waals surface area contributed by atoms with Crippen LogP contribution in [0.25, 0.3) is 0 Å².